The number of rotatable bonds is 4. The number of aromatic nitrogens is 1. The van der Waals surface area contributed by atoms with Crippen LogP contribution in [-0.2, 0) is 9.59 Å². The van der Waals surface area contributed by atoms with Crippen LogP contribution in [0.5, 0.6) is 11.6 Å². The first kappa shape index (κ1) is 15.0. The number of carbonyl (C=O) groups excluding carboxylic acids is 2. The van der Waals surface area contributed by atoms with Gasteiger partial charge in [0.25, 0.3) is 0 Å². The second-order valence-electron chi connectivity index (χ2n) is 5.27. The van der Waals surface area contributed by atoms with Crippen molar-refractivity contribution in [3.05, 3.63) is 48.7 Å². The molecule has 0 unspecified atom stereocenters. The molecule has 1 fully saturated rings. The Hall–Kier alpha value is -2.89. The molecule has 1 aliphatic heterocycles. The molecule has 0 saturated carbocycles. The van der Waals surface area contributed by atoms with Gasteiger partial charge in [-0.1, -0.05) is 18.2 Å². The Labute approximate surface area is 133 Å². The van der Waals surface area contributed by atoms with Crippen molar-refractivity contribution in [2.45, 2.75) is 25.3 Å². The van der Waals surface area contributed by atoms with Crippen LogP contribution in [0.4, 0.5) is 5.69 Å². The number of pyridine rings is 1. The van der Waals surface area contributed by atoms with Crippen LogP contribution in [0, 0.1) is 0 Å². The lowest BCUT2D eigenvalue weighted by atomic mass is 10.0. The molecular weight excluding hydrogens is 294 g/mol. The second-order valence-corrected chi connectivity index (χ2v) is 5.27. The minimum Gasteiger partial charge on any atom is -0.437 e. The third kappa shape index (κ3) is 3.85. The highest BCUT2D eigenvalue weighted by Gasteiger charge is 2.25. The van der Waals surface area contributed by atoms with Crippen molar-refractivity contribution in [2.75, 3.05) is 5.32 Å². The number of para-hydroxylation sites is 1. The van der Waals surface area contributed by atoms with Gasteiger partial charge in [0.05, 0.1) is 0 Å². The van der Waals surface area contributed by atoms with Gasteiger partial charge in [-0.05, 0) is 37.1 Å². The van der Waals surface area contributed by atoms with E-state index in [1.807, 2.05) is 30.3 Å². The van der Waals surface area contributed by atoms with Gasteiger partial charge in [-0.25, -0.2) is 4.98 Å². The molecule has 118 valence electrons. The standard InChI is InChI=1S/C17H17N3O3/c21-15-10-4-8-13(19-15)16(22)20-14-9-5-11-18-17(14)23-12-6-2-1-3-7-12/h1-3,5-7,9,11,13H,4,8,10H2,(H,19,21)(H,20,22)/t13-/m1/s1. The smallest absolute Gasteiger partial charge is 0.247 e. The number of amides is 2. The van der Waals surface area contributed by atoms with E-state index >= 15 is 0 Å². The van der Waals surface area contributed by atoms with Crippen molar-refractivity contribution >= 4 is 17.5 Å². The molecule has 2 N–H and O–H groups in total. The highest BCUT2D eigenvalue weighted by molar-refractivity contribution is 5.98. The van der Waals surface area contributed by atoms with Crippen molar-refractivity contribution in [3.8, 4) is 11.6 Å². The molecule has 1 aromatic carbocycles. The predicted molar refractivity (Wildman–Crippen MR) is 85.2 cm³/mol. The minimum atomic E-state index is -0.513. The number of anilines is 1. The van der Waals surface area contributed by atoms with E-state index in [1.165, 1.54) is 0 Å². The van der Waals surface area contributed by atoms with Crippen LogP contribution in [0.15, 0.2) is 48.7 Å². The van der Waals surface area contributed by atoms with E-state index in [9.17, 15) is 9.59 Å². The molecule has 6 nitrogen and oxygen atoms in total. The SMILES string of the molecule is O=C1CCC[C@H](C(=O)Nc2cccnc2Oc2ccccc2)N1. The van der Waals surface area contributed by atoms with Crippen molar-refractivity contribution < 1.29 is 14.3 Å². The summed E-state index contributed by atoms with van der Waals surface area (Å²) in [7, 11) is 0. The third-order valence-electron chi connectivity index (χ3n) is 3.54. The van der Waals surface area contributed by atoms with Crippen molar-refractivity contribution in [2.24, 2.45) is 0 Å². The van der Waals surface area contributed by atoms with Gasteiger partial charge in [-0.2, -0.15) is 0 Å². The Bertz CT molecular complexity index is 703. The fraction of sp³-hybridized carbons (Fsp3) is 0.235. The van der Waals surface area contributed by atoms with Crippen LogP contribution in [0.1, 0.15) is 19.3 Å². The van der Waals surface area contributed by atoms with E-state index in [0.29, 0.717) is 36.6 Å². The molecule has 2 heterocycles. The quantitative estimate of drug-likeness (QED) is 0.909. The molecule has 1 atom stereocenters. The van der Waals surface area contributed by atoms with E-state index in [2.05, 4.69) is 15.6 Å². The van der Waals surface area contributed by atoms with E-state index in [4.69, 9.17) is 4.74 Å². The molecule has 6 heteroatoms. The number of hydrogen-bond donors (Lipinski definition) is 2. The third-order valence-corrected chi connectivity index (χ3v) is 3.54. The molecule has 1 saturated heterocycles. The van der Waals surface area contributed by atoms with Crippen molar-refractivity contribution in [1.29, 1.82) is 0 Å². The number of ether oxygens (including phenoxy) is 1. The molecule has 0 radical (unpaired) electrons. The Morgan fingerprint density at radius 3 is 2.83 bits per heavy atom. The van der Waals surface area contributed by atoms with Crippen LogP contribution >= 0.6 is 0 Å². The van der Waals surface area contributed by atoms with Crippen LogP contribution in [0.3, 0.4) is 0 Å². The molecular formula is C17H17N3O3. The number of benzene rings is 1. The van der Waals surface area contributed by atoms with Gasteiger partial charge in [0.2, 0.25) is 17.7 Å². The number of carbonyl (C=O) groups is 2. The van der Waals surface area contributed by atoms with Gasteiger partial charge in [-0.3, -0.25) is 9.59 Å². The highest BCUT2D eigenvalue weighted by atomic mass is 16.5. The maximum Gasteiger partial charge on any atom is 0.247 e. The average Bonchev–Trinajstić information content (AvgIpc) is 2.57. The van der Waals surface area contributed by atoms with Gasteiger partial charge in [0.1, 0.15) is 17.5 Å². The van der Waals surface area contributed by atoms with Gasteiger partial charge in [0.15, 0.2) is 0 Å². The average molecular weight is 311 g/mol. The number of nitrogens with zero attached hydrogens (tertiary/aromatic N) is 1. The predicted octanol–water partition coefficient (Wildman–Crippen LogP) is 2.48. The molecule has 2 aromatic rings. The van der Waals surface area contributed by atoms with E-state index in [0.717, 1.165) is 0 Å². The molecule has 0 spiro atoms. The fourth-order valence-electron chi connectivity index (χ4n) is 2.39. The molecule has 0 bridgehead atoms. The number of hydrogen-bond acceptors (Lipinski definition) is 4. The summed E-state index contributed by atoms with van der Waals surface area (Å²) in [6, 6.07) is 12.1. The van der Waals surface area contributed by atoms with Crippen molar-refractivity contribution in [1.82, 2.24) is 10.3 Å². The zero-order valence-electron chi connectivity index (χ0n) is 12.5. The molecule has 0 aliphatic carbocycles. The minimum absolute atomic E-state index is 0.0941. The second kappa shape index (κ2) is 6.91. The molecule has 3 rings (SSSR count). The van der Waals surface area contributed by atoms with Crippen LogP contribution in [-0.4, -0.2) is 22.8 Å². The summed E-state index contributed by atoms with van der Waals surface area (Å²) in [5, 5.41) is 5.47. The Morgan fingerprint density at radius 2 is 2.04 bits per heavy atom. The normalized spacial score (nSPS) is 17.2. The zero-order valence-corrected chi connectivity index (χ0v) is 12.5. The summed E-state index contributed by atoms with van der Waals surface area (Å²) >= 11 is 0. The highest BCUT2D eigenvalue weighted by Crippen LogP contribution is 2.27. The lowest BCUT2D eigenvalue weighted by Crippen LogP contribution is -2.46. The largest absolute Gasteiger partial charge is 0.437 e. The summed E-state index contributed by atoms with van der Waals surface area (Å²) < 4.78 is 5.71. The monoisotopic (exact) mass is 311 g/mol. The van der Waals surface area contributed by atoms with Crippen LogP contribution < -0.4 is 15.4 Å². The summed E-state index contributed by atoms with van der Waals surface area (Å²) in [5.41, 5.74) is 0.473. The maximum absolute atomic E-state index is 12.3. The first-order chi connectivity index (χ1) is 11.2. The Morgan fingerprint density at radius 1 is 1.22 bits per heavy atom. The lowest BCUT2D eigenvalue weighted by Gasteiger charge is -2.22. The van der Waals surface area contributed by atoms with E-state index < -0.39 is 6.04 Å². The maximum atomic E-state index is 12.3. The number of nitrogens with one attached hydrogen (secondary N) is 2. The summed E-state index contributed by atoms with van der Waals surface area (Å²) in [5.74, 6) is 0.592. The topological polar surface area (TPSA) is 80.3 Å². The summed E-state index contributed by atoms with van der Waals surface area (Å²) in [6.45, 7) is 0. The Balaban J connectivity index is 1.72. The van der Waals surface area contributed by atoms with E-state index in [-0.39, 0.29) is 11.8 Å². The molecule has 1 aromatic heterocycles. The number of piperidine rings is 1. The van der Waals surface area contributed by atoms with E-state index in [1.54, 1.807) is 18.3 Å². The summed E-state index contributed by atoms with van der Waals surface area (Å²) in [6.07, 6.45) is 3.41. The van der Waals surface area contributed by atoms with Gasteiger partial charge in [-0.15, -0.1) is 0 Å². The molecule has 1 aliphatic rings. The fourth-order valence-corrected chi connectivity index (χ4v) is 2.39. The van der Waals surface area contributed by atoms with Crippen molar-refractivity contribution in [3.63, 3.8) is 0 Å². The molecule has 23 heavy (non-hydrogen) atoms. The first-order valence-electron chi connectivity index (χ1n) is 7.50. The zero-order chi connectivity index (χ0) is 16.1. The molecule has 2 amide bonds. The van der Waals surface area contributed by atoms with Crippen LogP contribution in [0.2, 0.25) is 0 Å². The lowest BCUT2D eigenvalue weighted by molar-refractivity contribution is -0.128. The summed E-state index contributed by atoms with van der Waals surface area (Å²) in [4.78, 5) is 27.9. The Kier molecular flexibility index (Phi) is 4.52. The van der Waals surface area contributed by atoms with Crippen LogP contribution in [0.25, 0.3) is 0 Å². The van der Waals surface area contributed by atoms with Gasteiger partial charge < -0.3 is 15.4 Å². The van der Waals surface area contributed by atoms with Gasteiger partial charge in [0, 0.05) is 12.6 Å². The first-order valence-corrected chi connectivity index (χ1v) is 7.50. The van der Waals surface area contributed by atoms with Gasteiger partial charge >= 0.3 is 0 Å².